The summed E-state index contributed by atoms with van der Waals surface area (Å²) in [4.78, 5) is 52.4. The van der Waals surface area contributed by atoms with E-state index in [0.29, 0.717) is 61.7 Å². The van der Waals surface area contributed by atoms with Gasteiger partial charge < -0.3 is 19.9 Å². The molecule has 0 spiro atoms. The van der Waals surface area contributed by atoms with Crippen molar-refractivity contribution in [1.29, 1.82) is 0 Å². The second kappa shape index (κ2) is 15.6. The van der Waals surface area contributed by atoms with E-state index in [2.05, 4.69) is 36.2 Å². The van der Waals surface area contributed by atoms with Crippen LogP contribution in [0.1, 0.15) is 70.8 Å². The van der Waals surface area contributed by atoms with Gasteiger partial charge in [0.05, 0.1) is 48.2 Å². The lowest BCUT2D eigenvalue weighted by Gasteiger charge is -2.39. The molecule has 2 atom stereocenters. The number of imide groups is 1. The molecule has 1 unspecified atom stereocenters. The Hall–Kier alpha value is -5.64. The Bertz CT molecular complexity index is 2350. The minimum Gasteiger partial charge on any atom is -0.489 e. The average molecular weight is 813 g/mol. The van der Waals surface area contributed by atoms with Crippen LogP contribution in [0.2, 0.25) is 0 Å². The summed E-state index contributed by atoms with van der Waals surface area (Å²) >= 11 is 0. The van der Waals surface area contributed by atoms with E-state index >= 15 is 0 Å². The van der Waals surface area contributed by atoms with Crippen molar-refractivity contribution in [2.45, 2.75) is 76.9 Å². The summed E-state index contributed by atoms with van der Waals surface area (Å²) in [6.07, 6.45) is 7.69. The topological polar surface area (TPSA) is 207 Å². The molecule has 1 saturated carbocycles. The molecule has 1 aliphatic carbocycles. The fraction of sp³-hybridized carbons (Fsp3) is 0.425. The Morgan fingerprint density at radius 3 is 2.55 bits per heavy atom. The molecule has 4 aromatic rings. The van der Waals surface area contributed by atoms with Crippen molar-refractivity contribution >= 4 is 48.4 Å². The van der Waals surface area contributed by atoms with Crippen molar-refractivity contribution in [3.05, 3.63) is 66.5 Å². The molecule has 2 aromatic heterocycles. The first-order valence-corrected chi connectivity index (χ1v) is 21.0. The van der Waals surface area contributed by atoms with Gasteiger partial charge in [0.15, 0.2) is 18.1 Å². The summed E-state index contributed by atoms with van der Waals surface area (Å²) < 4.78 is 33.5. The normalized spacial score (nSPS) is 21.3. The molecule has 3 fully saturated rings. The minimum atomic E-state index is -4.48. The third-order valence-electron chi connectivity index (χ3n) is 10.9. The average Bonchev–Trinajstić information content (AvgIpc) is 3.67. The van der Waals surface area contributed by atoms with Crippen molar-refractivity contribution in [1.82, 2.24) is 25.3 Å². The number of phosphoric ester groups is 1. The minimum absolute atomic E-state index is 0.0435. The van der Waals surface area contributed by atoms with E-state index in [1.54, 1.807) is 62.3 Å². The molecule has 0 radical (unpaired) electrons. The zero-order valence-electron chi connectivity index (χ0n) is 32.7. The third-order valence-corrected chi connectivity index (χ3v) is 12.1. The third kappa shape index (κ3) is 8.20. The Balaban J connectivity index is 0.930. The van der Waals surface area contributed by atoms with E-state index in [1.165, 1.54) is 16.5 Å². The first-order chi connectivity index (χ1) is 27.7. The molecule has 3 amide bonds. The fourth-order valence-electron chi connectivity index (χ4n) is 8.25. The first-order valence-electron chi connectivity index (χ1n) is 19.5. The Morgan fingerprint density at radius 1 is 1.00 bits per heavy atom. The van der Waals surface area contributed by atoms with Gasteiger partial charge in [0.25, 0.3) is 5.91 Å². The summed E-state index contributed by atoms with van der Waals surface area (Å²) in [6.45, 7) is 7.41. The van der Waals surface area contributed by atoms with Crippen LogP contribution in [0.25, 0.3) is 16.9 Å². The molecule has 2 aromatic carbocycles. The number of anilines is 3. The van der Waals surface area contributed by atoms with Gasteiger partial charge in [0.1, 0.15) is 29.8 Å². The van der Waals surface area contributed by atoms with Crippen LogP contribution in [0.5, 0.6) is 11.5 Å². The van der Waals surface area contributed by atoms with Gasteiger partial charge in [-0.05, 0) is 75.8 Å². The predicted octanol–water partition coefficient (Wildman–Crippen LogP) is 4.37. The molecule has 0 bridgehead atoms. The number of hydrogen-bond acceptors (Lipinski definition) is 12. The maximum Gasteiger partial charge on any atom is 0.527 e. The summed E-state index contributed by atoms with van der Waals surface area (Å²) in [5, 5.41) is 15.3. The van der Waals surface area contributed by atoms with E-state index in [9.17, 15) is 23.8 Å². The zero-order chi connectivity index (χ0) is 40.8. The lowest BCUT2D eigenvalue weighted by atomic mass is 9.82. The molecule has 304 valence electrons. The summed E-state index contributed by atoms with van der Waals surface area (Å²) in [7, 11) is -4.48. The van der Waals surface area contributed by atoms with E-state index in [4.69, 9.17) is 19.5 Å². The largest absolute Gasteiger partial charge is 0.527 e. The van der Waals surface area contributed by atoms with E-state index < -0.39 is 19.5 Å². The van der Waals surface area contributed by atoms with E-state index in [0.717, 1.165) is 42.7 Å². The number of rotatable bonds is 8. The predicted molar refractivity (Wildman–Crippen MR) is 214 cm³/mol. The molecule has 17 nitrogen and oxygen atoms in total. The highest BCUT2D eigenvalue weighted by molar-refractivity contribution is 7.47. The first kappa shape index (κ1) is 39.2. The van der Waals surface area contributed by atoms with Gasteiger partial charge in [-0.2, -0.15) is 5.10 Å². The number of piperidine rings is 1. The Morgan fingerprint density at radius 2 is 1.79 bits per heavy atom. The van der Waals surface area contributed by atoms with Gasteiger partial charge in [0, 0.05) is 24.8 Å². The van der Waals surface area contributed by atoms with Crippen LogP contribution in [0.15, 0.2) is 60.9 Å². The molecular weight excluding hydrogens is 765 g/mol. The van der Waals surface area contributed by atoms with Gasteiger partial charge in [-0.15, -0.1) is 10.2 Å². The van der Waals surface area contributed by atoms with E-state index in [1.807, 2.05) is 12.1 Å². The van der Waals surface area contributed by atoms with Crippen molar-refractivity contribution in [3.8, 4) is 28.4 Å². The highest BCUT2D eigenvalue weighted by Crippen LogP contribution is 2.49. The van der Waals surface area contributed by atoms with Crippen LogP contribution in [-0.2, 0) is 23.5 Å². The van der Waals surface area contributed by atoms with Crippen LogP contribution in [-0.4, -0.2) is 97.3 Å². The van der Waals surface area contributed by atoms with Crippen molar-refractivity contribution in [2.24, 2.45) is 0 Å². The number of nitrogen functional groups attached to an aromatic ring is 1. The van der Waals surface area contributed by atoms with Crippen LogP contribution >= 0.6 is 7.82 Å². The summed E-state index contributed by atoms with van der Waals surface area (Å²) in [5.74, 6) is 0.751. The maximum absolute atomic E-state index is 13.6. The van der Waals surface area contributed by atoms with E-state index in [-0.39, 0.29) is 41.8 Å². The van der Waals surface area contributed by atoms with Crippen LogP contribution < -0.4 is 30.1 Å². The molecule has 2 saturated heterocycles. The number of nitrogens with one attached hydrogen (secondary N) is 1. The van der Waals surface area contributed by atoms with Crippen molar-refractivity contribution < 1.29 is 42.2 Å². The lowest BCUT2D eigenvalue weighted by Crippen LogP contribution is -2.54. The molecular formula is C40H47N9O8P+. The number of ether oxygens (including phenoxy) is 1. The number of carbonyl (C=O) groups excluding carboxylic acids is 3. The smallest absolute Gasteiger partial charge is 0.489 e. The number of nitrogens with zero attached hydrogens (tertiary/aromatic N) is 7. The maximum atomic E-state index is 13.6. The number of carbonyl (C=O) groups is 3. The van der Waals surface area contributed by atoms with Crippen molar-refractivity contribution in [3.63, 3.8) is 0 Å². The number of para-hydroxylation sites is 2. The molecule has 4 N–H and O–H groups in total. The number of piperazine rings is 1. The monoisotopic (exact) mass is 812 g/mol. The van der Waals surface area contributed by atoms with Gasteiger partial charge in [-0.1, -0.05) is 24.3 Å². The number of fused-ring (bicyclic) bond motifs is 1. The number of phosphoric acid groups is 1. The molecule has 3 aliphatic heterocycles. The van der Waals surface area contributed by atoms with Gasteiger partial charge in [-0.25, -0.2) is 13.8 Å². The van der Waals surface area contributed by atoms with Gasteiger partial charge in [-0.3, -0.25) is 34.0 Å². The highest BCUT2D eigenvalue weighted by atomic mass is 31.2. The quantitative estimate of drug-likeness (QED) is 0.129. The Kier molecular flexibility index (Phi) is 10.5. The van der Waals surface area contributed by atoms with Crippen LogP contribution in [0.3, 0.4) is 0 Å². The highest BCUT2D eigenvalue weighted by Gasteiger charge is 2.38. The molecule has 18 heteroatoms. The second-order valence-corrected chi connectivity index (χ2v) is 17.2. The zero-order valence-corrected chi connectivity index (χ0v) is 33.6. The fourth-order valence-corrected chi connectivity index (χ4v) is 9.39. The van der Waals surface area contributed by atoms with Crippen LogP contribution in [0, 0.1) is 0 Å². The molecule has 4 aliphatic rings. The number of nitrogens with two attached hydrogens (primary N) is 1. The Labute approximate surface area is 335 Å². The number of hydrogen-bond donors (Lipinski definition) is 3. The summed E-state index contributed by atoms with van der Waals surface area (Å²) in [5.41, 5.74) is 10.4. The SMILES string of the molecule is CC(C)(C)OP(=O)(O)Oc1ccccc1-c1cc(-n2cc(N3CC[N+](=C4CCC(c5cccc6c5OCCN6[C@H]5CCC(=O)NC5=O)CC4)CC3=O)cn2)c(N)nn1. The number of aromatic nitrogens is 4. The number of benzene rings is 2. The molecule has 5 heterocycles. The number of amides is 3. The van der Waals surface area contributed by atoms with Crippen LogP contribution in [0.4, 0.5) is 17.2 Å². The standard InChI is InChI=1S/C40H46N9O8P/c1-40(2,3)57-58(53,54)56-34-10-5-4-7-29(34)30-21-33(38(41)45-44-30)49-23-27(22-42-49)47-18-17-46(24-36(47)51)26-13-11-25(12-14-26)28-8-6-9-31-37(28)55-20-19-48(31)32-15-16-35(50)43-39(32)52/h4-10,21-23,25,32H,11-20,24H2,1-3H3,(H3-,41,43,45,50,52,53,54)/p+1/t25?,32-/m0/s1. The van der Waals surface area contributed by atoms with Gasteiger partial charge in [0.2, 0.25) is 18.4 Å². The molecule has 58 heavy (non-hydrogen) atoms. The summed E-state index contributed by atoms with van der Waals surface area (Å²) in [6, 6.07) is 14.0. The molecule has 8 rings (SSSR count). The lowest BCUT2D eigenvalue weighted by molar-refractivity contribution is -0.520. The van der Waals surface area contributed by atoms with Gasteiger partial charge >= 0.3 is 7.82 Å². The van der Waals surface area contributed by atoms with Crippen molar-refractivity contribution in [2.75, 3.05) is 48.3 Å². The second-order valence-electron chi connectivity index (χ2n) is 15.9.